The van der Waals surface area contributed by atoms with Crippen molar-refractivity contribution in [2.75, 3.05) is 0 Å². The summed E-state index contributed by atoms with van der Waals surface area (Å²) in [5.74, 6) is 0.723. The SMILES string of the molecule is O=Cc1ccc(OCc2cccc(Br)c2)c(Br)c1. The van der Waals surface area contributed by atoms with E-state index in [-0.39, 0.29) is 0 Å². The molecule has 0 fully saturated rings. The lowest BCUT2D eigenvalue weighted by Gasteiger charge is -2.08. The molecule has 0 spiro atoms. The number of carbonyl (C=O) groups is 1. The molecule has 2 nitrogen and oxygen atoms in total. The van der Waals surface area contributed by atoms with Gasteiger partial charge >= 0.3 is 0 Å². The van der Waals surface area contributed by atoms with Crippen molar-refractivity contribution in [2.24, 2.45) is 0 Å². The topological polar surface area (TPSA) is 26.3 Å². The Labute approximate surface area is 122 Å². The van der Waals surface area contributed by atoms with Gasteiger partial charge in [-0.15, -0.1) is 0 Å². The van der Waals surface area contributed by atoms with Crippen molar-refractivity contribution < 1.29 is 9.53 Å². The standard InChI is InChI=1S/C14H10Br2O2/c15-12-3-1-2-11(6-12)9-18-14-5-4-10(8-17)7-13(14)16/h1-8H,9H2. The molecule has 18 heavy (non-hydrogen) atoms. The van der Waals surface area contributed by atoms with Crippen LogP contribution in [-0.4, -0.2) is 6.29 Å². The molecule has 4 heteroatoms. The van der Waals surface area contributed by atoms with Crippen LogP contribution in [0.2, 0.25) is 0 Å². The van der Waals surface area contributed by atoms with Crippen LogP contribution in [0.5, 0.6) is 5.75 Å². The Bertz CT molecular complexity index is 567. The highest BCUT2D eigenvalue weighted by Crippen LogP contribution is 2.26. The summed E-state index contributed by atoms with van der Waals surface area (Å²) >= 11 is 6.80. The van der Waals surface area contributed by atoms with Gasteiger partial charge in [0.1, 0.15) is 18.6 Å². The second-order valence-corrected chi connectivity index (χ2v) is 5.50. The average Bonchev–Trinajstić information content (AvgIpc) is 2.37. The zero-order valence-electron chi connectivity index (χ0n) is 9.40. The molecule has 0 heterocycles. The predicted molar refractivity (Wildman–Crippen MR) is 78.0 cm³/mol. The fourth-order valence-corrected chi connectivity index (χ4v) is 2.45. The Morgan fingerprint density at radius 1 is 1.11 bits per heavy atom. The van der Waals surface area contributed by atoms with Gasteiger partial charge in [-0.2, -0.15) is 0 Å². The normalized spacial score (nSPS) is 10.1. The Balaban J connectivity index is 2.08. The van der Waals surface area contributed by atoms with Crippen molar-refractivity contribution in [3.63, 3.8) is 0 Å². The van der Waals surface area contributed by atoms with Crippen LogP contribution in [0, 0.1) is 0 Å². The van der Waals surface area contributed by atoms with Crippen LogP contribution >= 0.6 is 31.9 Å². The molecule has 0 amide bonds. The van der Waals surface area contributed by atoms with E-state index in [1.54, 1.807) is 18.2 Å². The summed E-state index contributed by atoms with van der Waals surface area (Å²) in [5.41, 5.74) is 1.70. The fourth-order valence-electron chi connectivity index (χ4n) is 1.50. The summed E-state index contributed by atoms with van der Waals surface area (Å²) in [6, 6.07) is 13.2. The van der Waals surface area contributed by atoms with E-state index in [4.69, 9.17) is 4.74 Å². The summed E-state index contributed by atoms with van der Waals surface area (Å²) < 4.78 is 7.50. The third kappa shape index (κ3) is 3.43. The van der Waals surface area contributed by atoms with Gasteiger partial charge in [0.15, 0.2) is 0 Å². The van der Waals surface area contributed by atoms with Crippen molar-refractivity contribution in [3.8, 4) is 5.75 Å². The highest BCUT2D eigenvalue weighted by atomic mass is 79.9. The molecule has 0 saturated carbocycles. The molecule has 0 atom stereocenters. The van der Waals surface area contributed by atoms with Crippen molar-refractivity contribution >= 4 is 38.1 Å². The quantitative estimate of drug-likeness (QED) is 0.736. The van der Waals surface area contributed by atoms with E-state index in [9.17, 15) is 4.79 Å². The van der Waals surface area contributed by atoms with E-state index < -0.39 is 0 Å². The van der Waals surface area contributed by atoms with Gasteiger partial charge in [0, 0.05) is 10.0 Å². The predicted octanol–water partition coefficient (Wildman–Crippen LogP) is 4.60. The van der Waals surface area contributed by atoms with Gasteiger partial charge < -0.3 is 4.74 Å². The third-order valence-corrected chi connectivity index (χ3v) is 3.49. The number of hydrogen-bond donors (Lipinski definition) is 0. The first-order valence-electron chi connectivity index (χ1n) is 5.31. The average molecular weight is 370 g/mol. The number of halogens is 2. The number of carbonyl (C=O) groups excluding carboxylic acids is 1. The van der Waals surface area contributed by atoms with Crippen LogP contribution in [0.3, 0.4) is 0 Å². The van der Waals surface area contributed by atoms with Gasteiger partial charge in [0.05, 0.1) is 4.47 Å². The molecule has 0 aliphatic carbocycles. The number of ether oxygens (including phenoxy) is 1. The van der Waals surface area contributed by atoms with E-state index in [0.717, 1.165) is 26.5 Å². The molecule has 0 aliphatic rings. The Morgan fingerprint density at radius 3 is 2.61 bits per heavy atom. The van der Waals surface area contributed by atoms with Gasteiger partial charge in [-0.1, -0.05) is 28.1 Å². The highest BCUT2D eigenvalue weighted by Gasteiger charge is 2.03. The minimum atomic E-state index is 0.485. The van der Waals surface area contributed by atoms with Gasteiger partial charge in [-0.25, -0.2) is 0 Å². The van der Waals surface area contributed by atoms with E-state index in [1.165, 1.54) is 0 Å². The van der Waals surface area contributed by atoms with Gasteiger partial charge in [0.2, 0.25) is 0 Å². The van der Waals surface area contributed by atoms with Crippen molar-refractivity contribution in [2.45, 2.75) is 6.61 Å². The minimum Gasteiger partial charge on any atom is -0.488 e. The molecule has 0 radical (unpaired) electrons. The van der Waals surface area contributed by atoms with Crippen LogP contribution in [0.4, 0.5) is 0 Å². The summed E-state index contributed by atoms with van der Waals surface area (Å²) in [6.07, 6.45) is 0.808. The van der Waals surface area contributed by atoms with Crippen LogP contribution < -0.4 is 4.74 Å². The zero-order valence-corrected chi connectivity index (χ0v) is 12.6. The van der Waals surface area contributed by atoms with Crippen LogP contribution in [0.15, 0.2) is 51.4 Å². The maximum atomic E-state index is 10.6. The van der Waals surface area contributed by atoms with E-state index >= 15 is 0 Å². The van der Waals surface area contributed by atoms with Crippen molar-refractivity contribution in [1.29, 1.82) is 0 Å². The maximum absolute atomic E-state index is 10.6. The summed E-state index contributed by atoms with van der Waals surface area (Å²) in [6.45, 7) is 0.485. The largest absolute Gasteiger partial charge is 0.488 e. The molecule has 0 N–H and O–H groups in total. The van der Waals surface area contributed by atoms with Gasteiger partial charge in [-0.3, -0.25) is 4.79 Å². The van der Waals surface area contributed by atoms with Crippen LogP contribution in [-0.2, 0) is 6.61 Å². The number of hydrogen-bond acceptors (Lipinski definition) is 2. The lowest BCUT2D eigenvalue weighted by molar-refractivity contribution is 0.112. The molecule has 2 aromatic carbocycles. The molecule has 0 aliphatic heterocycles. The molecule has 2 aromatic rings. The molecule has 92 valence electrons. The molecular formula is C14H10Br2O2. The molecule has 0 aromatic heterocycles. The first kappa shape index (κ1) is 13.3. The molecule has 0 bridgehead atoms. The highest BCUT2D eigenvalue weighted by molar-refractivity contribution is 9.10. The third-order valence-electron chi connectivity index (χ3n) is 2.38. The number of benzene rings is 2. The lowest BCUT2D eigenvalue weighted by atomic mass is 10.2. The number of rotatable bonds is 4. The van der Waals surface area contributed by atoms with Gasteiger partial charge in [0.25, 0.3) is 0 Å². The van der Waals surface area contributed by atoms with E-state index in [2.05, 4.69) is 31.9 Å². The summed E-state index contributed by atoms with van der Waals surface area (Å²) in [7, 11) is 0. The Morgan fingerprint density at radius 2 is 1.94 bits per heavy atom. The second kappa shape index (κ2) is 6.16. The monoisotopic (exact) mass is 368 g/mol. The molecule has 2 rings (SSSR count). The van der Waals surface area contributed by atoms with Crippen molar-refractivity contribution in [3.05, 3.63) is 62.5 Å². The van der Waals surface area contributed by atoms with Crippen molar-refractivity contribution in [1.82, 2.24) is 0 Å². The first-order valence-corrected chi connectivity index (χ1v) is 6.89. The second-order valence-electron chi connectivity index (χ2n) is 3.73. The number of aldehydes is 1. The van der Waals surface area contributed by atoms with Gasteiger partial charge in [-0.05, 0) is 51.8 Å². The van der Waals surface area contributed by atoms with Crippen LogP contribution in [0.1, 0.15) is 15.9 Å². The molecule has 0 saturated heterocycles. The minimum absolute atomic E-state index is 0.485. The van der Waals surface area contributed by atoms with E-state index in [0.29, 0.717) is 12.2 Å². The summed E-state index contributed by atoms with van der Waals surface area (Å²) in [5, 5.41) is 0. The lowest BCUT2D eigenvalue weighted by Crippen LogP contribution is -1.96. The summed E-state index contributed by atoms with van der Waals surface area (Å²) in [4.78, 5) is 10.6. The smallest absolute Gasteiger partial charge is 0.150 e. The Kier molecular flexibility index (Phi) is 4.55. The maximum Gasteiger partial charge on any atom is 0.150 e. The van der Waals surface area contributed by atoms with E-state index in [1.807, 2.05) is 24.3 Å². The molecule has 0 unspecified atom stereocenters. The zero-order chi connectivity index (χ0) is 13.0. The fraction of sp³-hybridized carbons (Fsp3) is 0.0714. The Hall–Kier alpha value is -1.13. The molecular weight excluding hydrogens is 360 g/mol. The first-order chi connectivity index (χ1) is 8.69. The van der Waals surface area contributed by atoms with Crippen LogP contribution in [0.25, 0.3) is 0 Å².